The lowest BCUT2D eigenvalue weighted by molar-refractivity contribution is 0.378. The van der Waals surface area contributed by atoms with E-state index >= 15 is 0 Å². The lowest BCUT2D eigenvalue weighted by atomic mass is 9.96. The van der Waals surface area contributed by atoms with Crippen LogP contribution in [-0.4, -0.2) is 25.1 Å². The van der Waals surface area contributed by atoms with Gasteiger partial charge in [-0.2, -0.15) is 0 Å². The largest absolute Gasteiger partial charge is 0.368 e. The minimum absolute atomic E-state index is 0.580. The number of hydrogen-bond acceptors (Lipinski definition) is 4. The number of aryl methyl sites for hydroxylation is 2. The molecule has 4 heteroatoms. The van der Waals surface area contributed by atoms with Crippen molar-refractivity contribution in [1.29, 1.82) is 0 Å². The Hall–Kier alpha value is -2.72. The van der Waals surface area contributed by atoms with Crippen LogP contribution in [0.25, 0.3) is 0 Å². The molecular weight excluding hydrogens is 380 g/mol. The Morgan fingerprint density at radius 1 is 1.10 bits per heavy atom. The van der Waals surface area contributed by atoms with Gasteiger partial charge in [0, 0.05) is 18.4 Å². The maximum Gasteiger partial charge on any atom is 0.0894 e. The summed E-state index contributed by atoms with van der Waals surface area (Å²) in [6, 6.07) is 9.47. The average Bonchev–Trinajstić information content (AvgIpc) is 2.81. The number of aliphatic imine (C=N–C) groups is 2. The first-order valence-corrected chi connectivity index (χ1v) is 11.5. The van der Waals surface area contributed by atoms with Crippen molar-refractivity contribution in [2.75, 3.05) is 6.67 Å². The van der Waals surface area contributed by atoms with E-state index in [2.05, 4.69) is 66.2 Å². The molecule has 0 bridgehead atoms. The van der Waals surface area contributed by atoms with E-state index in [9.17, 15) is 0 Å². The molecule has 0 radical (unpaired) electrons. The third kappa shape index (κ3) is 9.75. The van der Waals surface area contributed by atoms with Gasteiger partial charge in [0.1, 0.15) is 0 Å². The summed E-state index contributed by atoms with van der Waals surface area (Å²) < 4.78 is 0. The molecule has 1 aliphatic rings. The summed E-state index contributed by atoms with van der Waals surface area (Å²) in [5, 5.41) is 6.62. The summed E-state index contributed by atoms with van der Waals surface area (Å²) in [5.41, 5.74) is 4.69. The van der Waals surface area contributed by atoms with Crippen LogP contribution in [0.1, 0.15) is 56.6 Å². The first kappa shape index (κ1) is 24.5. The Balaban J connectivity index is 2.10. The molecule has 0 amide bonds. The molecule has 1 saturated carbocycles. The van der Waals surface area contributed by atoms with Gasteiger partial charge in [0.05, 0.1) is 12.4 Å². The third-order valence-electron chi connectivity index (χ3n) is 5.57. The molecule has 0 aliphatic heterocycles. The van der Waals surface area contributed by atoms with Crippen LogP contribution in [0.3, 0.4) is 0 Å². The highest BCUT2D eigenvalue weighted by Crippen LogP contribution is 2.17. The molecule has 31 heavy (non-hydrogen) atoms. The van der Waals surface area contributed by atoms with Crippen molar-refractivity contribution in [1.82, 2.24) is 10.6 Å². The van der Waals surface area contributed by atoms with E-state index in [1.54, 1.807) is 12.4 Å². The van der Waals surface area contributed by atoms with Gasteiger partial charge in [-0.05, 0) is 73.9 Å². The van der Waals surface area contributed by atoms with Crippen LogP contribution in [0.15, 0.2) is 83.2 Å². The van der Waals surface area contributed by atoms with Gasteiger partial charge >= 0.3 is 0 Å². The second kappa shape index (κ2) is 15.1. The molecule has 1 aromatic rings. The monoisotopic (exact) mass is 418 g/mol. The zero-order valence-corrected chi connectivity index (χ0v) is 19.0. The minimum Gasteiger partial charge on any atom is -0.368 e. The number of nitrogens with zero attached hydrogens (tertiary/aromatic N) is 2. The van der Waals surface area contributed by atoms with Gasteiger partial charge in [-0.1, -0.05) is 63.1 Å². The highest BCUT2D eigenvalue weighted by atomic mass is 15.0. The zero-order valence-electron chi connectivity index (χ0n) is 19.0. The lowest BCUT2D eigenvalue weighted by Gasteiger charge is -2.22. The molecule has 0 heterocycles. The van der Waals surface area contributed by atoms with Crippen LogP contribution >= 0.6 is 0 Å². The van der Waals surface area contributed by atoms with Crippen LogP contribution in [0.5, 0.6) is 0 Å². The van der Waals surface area contributed by atoms with Gasteiger partial charge in [-0.15, -0.1) is 0 Å². The van der Waals surface area contributed by atoms with E-state index < -0.39 is 0 Å². The van der Waals surface area contributed by atoms with Crippen LogP contribution in [0, 0.1) is 0 Å². The Bertz CT molecular complexity index is 778. The summed E-state index contributed by atoms with van der Waals surface area (Å²) in [6.45, 7) is 10.1. The van der Waals surface area contributed by atoms with E-state index in [-0.39, 0.29) is 0 Å². The Labute approximate surface area is 188 Å². The lowest BCUT2D eigenvalue weighted by Crippen LogP contribution is -2.31. The molecule has 0 unspecified atom stereocenters. The number of rotatable bonds is 13. The predicted molar refractivity (Wildman–Crippen MR) is 136 cm³/mol. The van der Waals surface area contributed by atoms with E-state index in [0.717, 1.165) is 30.5 Å². The molecule has 2 rings (SSSR count). The summed E-state index contributed by atoms with van der Waals surface area (Å²) in [6.07, 6.45) is 20.9. The summed E-state index contributed by atoms with van der Waals surface area (Å²) in [7, 11) is 0. The predicted octanol–water partition coefficient (Wildman–Crippen LogP) is 5.89. The Kier molecular flexibility index (Phi) is 12.0. The third-order valence-corrected chi connectivity index (χ3v) is 5.57. The fourth-order valence-corrected chi connectivity index (χ4v) is 3.73. The van der Waals surface area contributed by atoms with Crippen molar-refractivity contribution in [3.8, 4) is 0 Å². The van der Waals surface area contributed by atoms with E-state index in [4.69, 9.17) is 4.99 Å². The van der Waals surface area contributed by atoms with Crippen molar-refractivity contribution >= 4 is 12.4 Å². The molecule has 2 N–H and O–H groups in total. The van der Waals surface area contributed by atoms with Crippen molar-refractivity contribution in [2.24, 2.45) is 9.98 Å². The second-order valence-electron chi connectivity index (χ2n) is 7.81. The van der Waals surface area contributed by atoms with Crippen molar-refractivity contribution in [3.63, 3.8) is 0 Å². The van der Waals surface area contributed by atoms with Crippen molar-refractivity contribution in [2.45, 2.75) is 64.3 Å². The summed E-state index contributed by atoms with van der Waals surface area (Å²) in [5.74, 6) is 0. The molecule has 4 nitrogen and oxygen atoms in total. The number of allylic oxidation sites excluding steroid dienone is 4. The highest BCUT2D eigenvalue weighted by molar-refractivity contribution is 6.10. The minimum atomic E-state index is 0.580. The summed E-state index contributed by atoms with van der Waals surface area (Å²) in [4.78, 5) is 8.72. The fourth-order valence-electron chi connectivity index (χ4n) is 3.73. The highest BCUT2D eigenvalue weighted by Gasteiger charge is 2.12. The van der Waals surface area contributed by atoms with Crippen molar-refractivity contribution < 1.29 is 0 Å². The molecule has 166 valence electrons. The Morgan fingerprint density at radius 3 is 2.52 bits per heavy atom. The van der Waals surface area contributed by atoms with Gasteiger partial charge < -0.3 is 5.32 Å². The molecule has 0 saturated heterocycles. The van der Waals surface area contributed by atoms with Crippen LogP contribution in [0.2, 0.25) is 0 Å². The number of hydrogen-bond donors (Lipinski definition) is 2. The molecule has 0 aromatic heterocycles. The van der Waals surface area contributed by atoms with Gasteiger partial charge in [0.25, 0.3) is 0 Å². The normalized spacial score (nSPS) is 16.2. The molecule has 0 atom stereocenters. The smallest absolute Gasteiger partial charge is 0.0894 e. The molecule has 1 aromatic carbocycles. The second-order valence-corrected chi connectivity index (χ2v) is 7.81. The van der Waals surface area contributed by atoms with E-state index in [1.165, 1.54) is 43.2 Å². The number of nitrogens with one attached hydrogen (secondary N) is 2. The van der Waals surface area contributed by atoms with Gasteiger partial charge in [0.2, 0.25) is 0 Å². The van der Waals surface area contributed by atoms with Crippen molar-refractivity contribution in [3.05, 3.63) is 84.4 Å². The first-order chi connectivity index (χ1) is 15.3. The molecule has 0 spiro atoms. The fraction of sp³-hybridized carbons (Fsp3) is 0.407. The molecule has 1 aliphatic carbocycles. The standard InChI is InChI=1S/C27H38N4/c1-4-23-14-16-24(17-15-23)10-9-11-25(18-21-29-5-2)27(19-20-28-3)31-22-30-26-12-7-6-8-13-26/h5,11,14-21,26,29-30H,2-4,6-10,12-13,22H2,1H3/b20-19-,21-18-,25-11+,31-27-. The Morgan fingerprint density at radius 2 is 1.84 bits per heavy atom. The number of benzene rings is 1. The topological polar surface area (TPSA) is 48.8 Å². The molecule has 1 fully saturated rings. The van der Waals surface area contributed by atoms with Crippen LogP contribution in [-0.2, 0) is 12.8 Å². The van der Waals surface area contributed by atoms with Gasteiger partial charge in [-0.3, -0.25) is 15.3 Å². The quantitative estimate of drug-likeness (QED) is 0.310. The SMILES string of the molecule is C=CN\C=C/C(=C\CCc1ccc(CC)cc1)C(/C=C\N=C)=N\CNC1CCCCC1. The zero-order chi connectivity index (χ0) is 22.2. The first-order valence-electron chi connectivity index (χ1n) is 11.5. The maximum absolute atomic E-state index is 4.84. The van der Waals surface area contributed by atoms with Crippen LogP contribution < -0.4 is 10.6 Å². The average molecular weight is 419 g/mol. The molecular formula is C27H38N4. The van der Waals surface area contributed by atoms with Gasteiger partial charge in [0.15, 0.2) is 0 Å². The van der Waals surface area contributed by atoms with Crippen LogP contribution in [0.4, 0.5) is 0 Å². The maximum atomic E-state index is 4.84. The van der Waals surface area contributed by atoms with E-state index in [0.29, 0.717) is 12.7 Å². The van der Waals surface area contributed by atoms with Gasteiger partial charge in [-0.25, -0.2) is 0 Å². The summed E-state index contributed by atoms with van der Waals surface area (Å²) >= 11 is 0. The van der Waals surface area contributed by atoms with E-state index in [1.807, 2.05) is 18.4 Å².